The molecule has 1 saturated heterocycles. The fraction of sp³-hybridized carbons (Fsp3) is 0.625. The summed E-state index contributed by atoms with van der Waals surface area (Å²) >= 11 is 0. The first-order valence-corrected chi connectivity index (χ1v) is 7.83. The Bertz CT molecular complexity index is 429. The van der Waals surface area contributed by atoms with Crippen LogP contribution >= 0.6 is 0 Å². The quantitative estimate of drug-likeness (QED) is 0.856. The van der Waals surface area contributed by atoms with Gasteiger partial charge < -0.3 is 10.6 Å². The highest BCUT2D eigenvalue weighted by Crippen LogP contribution is 2.10. The van der Waals surface area contributed by atoms with Crippen molar-refractivity contribution in [3.63, 3.8) is 0 Å². The average Bonchev–Trinajstić information content (AvgIpc) is 2.49. The molecule has 5 heteroatoms. The van der Waals surface area contributed by atoms with Gasteiger partial charge in [-0.05, 0) is 24.1 Å². The van der Waals surface area contributed by atoms with E-state index in [0.29, 0.717) is 6.42 Å². The van der Waals surface area contributed by atoms with E-state index in [1.807, 2.05) is 29.4 Å². The molecule has 1 aliphatic rings. The highest BCUT2D eigenvalue weighted by atomic mass is 16.2. The molecule has 21 heavy (non-hydrogen) atoms. The van der Waals surface area contributed by atoms with Gasteiger partial charge in [0.1, 0.15) is 0 Å². The fourth-order valence-corrected chi connectivity index (χ4v) is 2.73. The number of pyridine rings is 1. The Morgan fingerprint density at radius 2 is 1.95 bits per heavy atom. The Balaban J connectivity index is 1.74. The van der Waals surface area contributed by atoms with Gasteiger partial charge in [0.05, 0.1) is 0 Å². The second kappa shape index (κ2) is 8.10. The molecule has 2 rings (SSSR count). The number of hydrogen-bond donors (Lipinski definition) is 1. The minimum absolute atomic E-state index is 0.0114. The van der Waals surface area contributed by atoms with E-state index in [9.17, 15) is 4.79 Å². The van der Waals surface area contributed by atoms with Gasteiger partial charge in [0.25, 0.3) is 0 Å². The summed E-state index contributed by atoms with van der Waals surface area (Å²) in [6.07, 6.45) is 6.09. The van der Waals surface area contributed by atoms with E-state index < -0.39 is 0 Å². The molecule has 1 atom stereocenters. The van der Waals surface area contributed by atoms with Gasteiger partial charge in [-0.1, -0.05) is 13.3 Å². The van der Waals surface area contributed by atoms with Crippen molar-refractivity contribution in [2.45, 2.75) is 38.8 Å². The maximum Gasteiger partial charge on any atom is 0.224 e. The summed E-state index contributed by atoms with van der Waals surface area (Å²) in [5, 5.41) is 0. The first-order chi connectivity index (χ1) is 10.2. The Morgan fingerprint density at radius 1 is 1.29 bits per heavy atom. The van der Waals surface area contributed by atoms with Gasteiger partial charge in [-0.2, -0.15) is 0 Å². The minimum atomic E-state index is 0.0114. The Morgan fingerprint density at radius 3 is 2.57 bits per heavy atom. The molecule has 0 spiro atoms. The number of hydrogen-bond acceptors (Lipinski definition) is 4. The standard InChI is InChI=1S/C16H26N4O/c1-2-3-15(17)12-16(21)20-10-8-19(9-11-20)13-14-4-6-18-7-5-14/h4-7,15H,2-3,8-13,17H2,1H3. The molecule has 1 fully saturated rings. The first-order valence-electron chi connectivity index (χ1n) is 7.83. The van der Waals surface area contributed by atoms with Crippen LogP contribution in [-0.4, -0.2) is 52.9 Å². The number of aromatic nitrogens is 1. The zero-order valence-electron chi connectivity index (χ0n) is 12.9. The molecule has 0 bridgehead atoms. The van der Waals surface area contributed by atoms with E-state index in [0.717, 1.165) is 45.6 Å². The molecular weight excluding hydrogens is 264 g/mol. The van der Waals surface area contributed by atoms with E-state index in [2.05, 4.69) is 16.8 Å². The van der Waals surface area contributed by atoms with Crippen LogP contribution < -0.4 is 5.73 Å². The highest BCUT2D eigenvalue weighted by Gasteiger charge is 2.22. The molecule has 0 saturated carbocycles. The van der Waals surface area contributed by atoms with Crippen LogP contribution in [0.4, 0.5) is 0 Å². The van der Waals surface area contributed by atoms with Crippen LogP contribution in [0.1, 0.15) is 31.7 Å². The van der Waals surface area contributed by atoms with Crippen molar-refractivity contribution >= 4 is 5.91 Å². The maximum absolute atomic E-state index is 12.2. The van der Waals surface area contributed by atoms with Crippen LogP contribution in [0.15, 0.2) is 24.5 Å². The number of amides is 1. The van der Waals surface area contributed by atoms with E-state index in [1.165, 1.54) is 5.56 Å². The molecule has 0 aromatic carbocycles. The monoisotopic (exact) mass is 290 g/mol. The molecular formula is C16H26N4O. The zero-order chi connectivity index (χ0) is 15.1. The van der Waals surface area contributed by atoms with Crippen molar-refractivity contribution in [2.24, 2.45) is 5.73 Å². The van der Waals surface area contributed by atoms with Gasteiger partial charge in [0, 0.05) is 57.6 Å². The first kappa shape index (κ1) is 15.9. The summed E-state index contributed by atoms with van der Waals surface area (Å²) in [6, 6.07) is 4.10. The van der Waals surface area contributed by atoms with E-state index in [1.54, 1.807) is 0 Å². The van der Waals surface area contributed by atoms with Crippen LogP contribution in [0.25, 0.3) is 0 Å². The Labute approximate surface area is 127 Å². The van der Waals surface area contributed by atoms with E-state index in [4.69, 9.17) is 5.73 Å². The number of nitrogens with zero attached hydrogens (tertiary/aromatic N) is 3. The molecule has 1 amide bonds. The molecule has 1 aliphatic heterocycles. The van der Waals surface area contributed by atoms with Gasteiger partial charge in [-0.15, -0.1) is 0 Å². The van der Waals surface area contributed by atoms with Gasteiger partial charge in [-0.25, -0.2) is 0 Å². The molecule has 0 radical (unpaired) electrons. The molecule has 1 aromatic rings. The Hall–Kier alpha value is -1.46. The molecule has 5 nitrogen and oxygen atoms in total. The topological polar surface area (TPSA) is 62.5 Å². The third-order valence-corrected chi connectivity index (χ3v) is 3.98. The van der Waals surface area contributed by atoms with Gasteiger partial charge in [0.15, 0.2) is 0 Å². The summed E-state index contributed by atoms with van der Waals surface area (Å²) < 4.78 is 0. The van der Waals surface area contributed by atoms with Crippen molar-refractivity contribution in [3.8, 4) is 0 Å². The predicted octanol–water partition coefficient (Wildman–Crippen LogP) is 1.24. The van der Waals surface area contributed by atoms with Crippen LogP contribution in [0.5, 0.6) is 0 Å². The van der Waals surface area contributed by atoms with Crippen molar-refractivity contribution in [1.82, 2.24) is 14.8 Å². The number of nitrogens with two attached hydrogens (primary N) is 1. The number of carbonyl (C=O) groups excluding carboxylic acids is 1. The molecule has 2 N–H and O–H groups in total. The normalized spacial score (nSPS) is 17.7. The van der Waals surface area contributed by atoms with Crippen molar-refractivity contribution in [1.29, 1.82) is 0 Å². The largest absolute Gasteiger partial charge is 0.340 e. The lowest BCUT2D eigenvalue weighted by Crippen LogP contribution is -2.49. The molecule has 2 heterocycles. The van der Waals surface area contributed by atoms with Crippen LogP contribution in [0.2, 0.25) is 0 Å². The number of carbonyl (C=O) groups is 1. The van der Waals surface area contributed by atoms with Crippen LogP contribution in [0.3, 0.4) is 0 Å². The minimum Gasteiger partial charge on any atom is -0.340 e. The van der Waals surface area contributed by atoms with Crippen molar-refractivity contribution in [2.75, 3.05) is 26.2 Å². The lowest BCUT2D eigenvalue weighted by Gasteiger charge is -2.35. The highest BCUT2D eigenvalue weighted by molar-refractivity contribution is 5.76. The van der Waals surface area contributed by atoms with Crippen LogP contribution in [0, 0.1) is 0 Å². The predicted molar refractivity (Wildman–Crippen MR) is 83.6 cm³/mol. The zero-order valence-corrected chi connectivity index (χ0v) is 12.9. The average molecular weight is 290 g/mol. The lowest BCUT2D eigenvalue weighted by atomic mass is 10.1. The summed E-state index contributed by atoms with van der Waals surface area (Å²) in [6.45, 7) is 6.50. The third-order valence-electron chi connectivity index (χ3n) is 3.98. The Kier molecular flexibility index (Phi) is 6.14. The van der Waals surface area contributed by atoms with Crippen molar-refractivity contribution < 1.29 is 4.79 Å². The van der Waals surface area contributed by atoms with Gasteiger partial charge >= 0.3 is 0 Å². The van der Waals surface area contributed by atoms with Crippen molar-refractivity contribution in [3.05, 3.63) is 30.1 Å². The second-order valence-electron chi connectivity index (χ2n) is 5.77. The molecule has 1 unspecified atom stereocenters. The molecule has 0 aliphatic carbocycles. The summed E-state index contributed by atoms with van der Waals surface area (Å²) in [4.78, 5) is 20.5. The van der Waals surface area contributed by atoms with E-state index >= 15 is 0 Å². The van der Waals surface area contributed by atoms with Gasteiger partial charge in [0.2, 0.25) is 5.91 Å². The van der Waals surface area contributed by atoms with Gasteiger partial charge in [-0.3, -0.25) is 14.7 Å². The van der Waals surface area contributed by atoms with Crippen LogP contribution in [-0.2, 0) is 11.3 Å². The summed E-state index contributed by atoms with van der Waals surface area (Å²) in [5.41, 5.74) is 7.23. The fourth-order valence-electron chi connectivity index (χ4n) is 2.73. The summed E-state index contributed by atoms with van der Waals surface area (Å²) in [5.74, 6) is 0.208. The lowest BCUT2D eigenvalue weighted by molar-refractivity contribution is -0.133. The second-order valence-corrected chi connectivity index (χ2v) is 5.77. The molecule has 116 valence electrons. The maximum atomic E-state index is 12.2. The molecule has 1 aromatic heterocycles. The number of rotatable bonds is 6. The number of piperazine rings is 1. The third kappa shape index (κ3) is 5.10. The summed E-state index contributed by atoms with van der Waals surface area (Å²) in [7, 11) is 0. The SMILES string of the molecule is CCCC(N)CC(=O)N1CCN(Cc2ccncc2)CC1. The smallest absolute Gasteiger partial charge is 0.224 e. The van der Waals surface area contributed by atoms with E-state index in [-0.39, 0.29) is 11.9 Å².